The van der Waals surface area contributed by atoms with E-state index >= 15 is 0 Å². The van der Waals surface area contributed by atoms with Crippen LogP contribution in [0.15, 0.2) is 0 Å². The number of nitrogens with zero attached hydrogens (tertiary/aromatic N) is 2. The Hall–Kier alpha value is -0.520. The Labute approximate surface area is 108 Å². The van der Waals surface area contributed by atoms with Crippen LogP contribution in [0.5, 0.6) is 0 Å². The molecule has 1 atom stereocenters. The van der Waals surface area contributed by atoms with Crippen LogP contribution in [0.3, 0.4) is 0 Å². The Balaban J connectivity index is 2.46. The van der Waals surface area contributed by atoms with Gasteiger partial charge in [0.05, 0.1) is 6.61 Å². The zero-order valence-corrected chi connectivity index (χ0v) is 11.8. The molecule has 0 radical (unpaired) electrons. The first-order valence-electron chi connectivity index (χ1n) is 6.33. The van der Waals surface area contributed by atoms with Crippen LogP contribution in [0.1, 0.15) is 37.5 Å². The van der Waals surface area contributed by atoms with Crippen LogP contribution in [0.25, 0.3) is 0 Å². The molecule has 0 spiro atoms. The third-order valence-electron chi connectivity index (χ3n) is 2.46. The average Bonchev–Trinajstić information content (AvgIpc) is 2.74. The van der Waals surface area contributed by atoms with E-state index in [1.165, 1.54) is 11.5 Å². The molecule has 1 unspecified atom stereocenters. The molecule has 0 aliphatic rings. The number of hydrogen-bond donors (Lipinski definition) is 1. The summed E-state index contributed by atoms with van der Waals surface area (Å²) in [6.45, 7) is 6.07. The fourth-order valence-electron chi connectivity index (χ4n) is 1.65. The molecule has 17 heavy (non-hydrogen) atoms. The Morgan fingerprint density at radius 2 is 2.18 bits per heavy atom. The molecule has 1 N–H and O–H groups in total. The van der Waals surface area contributed by atoms with Crippen molar-refractivity contribution in [2.24, 2.45) is 0 Å². The third-order valence-corrected chi connectivity index (χ3v) is 3.23. The number of rotatable bonds is 9. The highest BCUT2D eigenvalue weighted by Gasteiger charge is 2.12. The van der Waals surface area contributed by atoms with Gasteiger partial charge < -0.3 is 10.1 Å². The van der Waals surface area contributed by atoms with Crippen molar-refractivity contribution in [3.8, 4) is 0 Å². The first-order chi connectivity index (χ1) is 8.30. The summed E-state index contributed by atoms with van der Waals surface area (Å²) in [5.41, 5.74) is 0. The van der Waals surface area contributed by atoms with Crippen molar-refractivity contribution >= 4 is 11.5 Å². The molecular weight excluding hydrogens is 234 g/mol. The first kappa shape index (κ1) is 14.5. The maximum atomic E-state index is 5.22. The molecule has 0 bridgehead atoms. The van der Waals surface area contributed by atoms with Gasteiger partial charge in [-0.2, -0.15) is 4.37 Å². The molecule has 4 nitrogen and oxygen atoms in total. The summed E-state index contributed by atoms with van der Waals surface area (Å²) in [5.74, 6) is 0.985. The van der Waals surface area contributed by atoms with Crippen LogP contribution in [-0.2, 0) is 17.6 Å². The molecular formula is C12H23N3OS. The van der Waals surface area contributed by atoms with Gasteiger partial charge in [0.1, 0.15) is 10.8 Å². The summed E-state index contributed by atoms with van der Waals surface area (Å²) >= 11 is 1.52. The van der Waals surface area contributed by atoms with Gasteiger partial charge in [0.15, 0.2) is 0 Å². The van der Waals surface area contributed by atoms with Gasteiger partial charge in [0.25, 0.3) is 0 Å². The predicted molar refractivity (Wildman–Crippen MR) is 71.6 cm³/mol. The highest BCUT2D eigenvalue weighted by Crippen LogP contribution is 2.09. The van der Waals surface area contributed by atoms with Crippen molar-refractivity contribution in [3.63, 3.8) is 0 Å². The average molecular weight is 257 g/mol. The number of hydrogen-bond acceptors (Lipinski definition) is 5. The van der Waals surface area contributed by atoms with Crippen LogP contribution in [0.4, 0.5) is 0 Å². The van der Waals surface area contributed by atoms with Crippen molar-refractivity contribution in [3.05, 3.63) is 10.8 Å². The van der Waals surface area contributed by atoms with E-state index in [4.69, 9.17) is 4.74 Å². The Morgan fingerprint density at radius 1 is 1.35 bits per heavy atom. The molecule has 0 amide bonds. The van der Waals surface area contributed by atoms with Gasteiger partial charge in [0.2, 0.25) is 0 Å². The molecule has 0 aromatic carbocycles. The number of nitrogens with one attached hydrogen (secondary N) is 1. The monoisotopic (exact) mass is 257 g/mol. The molecule has 5 heteroatoms. The highest BCUT2D eigenvalue weighted by atomic mass is 32.1. The lowest BCUT2D eigenvalue weighted by Crippen LogP contribution is -2.35. The maximum absolute atomic E-state index is 5.22. The zero-order chi connectivity index (χ0) is 12.5. The molecule has 1 rings (SSSR count). The molecule has 1 heterocycles. The maximum Gasteiger partial charge on any atom is 0.142 e. The summed E-state index contributed by atoms with van der Waals surface area (Å²) in [6, 6.07) is 0.349. The Bertz CT molecular complexity index is 304. The van der Waals surface area contributed by atoms with Gasteiger partial charge in [-0.3, -0.25) is 0 Å². The fourth-order valence-corrected chi connectivity index (χ4v) is 2.41. The lowest BCUT2D eigenvalue weighted by Gasteiger charge is -2.15. The van der Waals surface area contributed by atoms with Crippen LogP contribution in [0, 0.1) is 0 Å². The van der Waals surface area contributed by atoms with Crippen LogP contribution in [0.2, 0.25) is 0 Å². The standard InChI is InChI=1S/C12H23N3OS/c1-4-6-11-14-12(17-15-11)8-10(9-16-3)13-7-5-2/h10,13H,4-9H2,1-3H3. The second-order valence-corrected chi connectivity index (χ2v) is 5.00. The number of aromatic nitrogens is 2. The van der Waals surface area contributed by atoms with Crippen molar-refractivity contribution < 1.29 is 4.74 Å². The van der Waals surface area contributed by atoms with Gasteiger partial charge in [-0.05, 0) is 30.9 Å². The summed E-state index contributed by atoms with van der Waals surface area (Å²) < 4.78 is 9.58. The summed E-state index contributed by atoms with van der Waals surface area (Å²) in [5, 5.41) is 4.58. The first-order valence-corrected chi connectivity index (χ1v) is 7.11. The van der Waals surface area contributed by atoms with E-state index in [2.05, 4.69) is 28.5 Å². The quantitative estimate of drug-likeness (QED) is 0.735. The highest BCUT2D eigenvalue weighted by molar-refractivity contribution is 7.05. The Kier molecular flexibility index (Phi) is 7.32. The smallest absolute Gasteiger partial charge is 0.142 e. The number of aryl methyl sites for hydroxylation is 1. The van der Waals surface area contributed by atoms with Crippen LogP contribution in [-0.4, -0.2) is 35.7 Å². The summed E-state index contributed by atoms with van der Waals surface area (Å²) in [4.78, 5) is 4.54. The second kappa shape index (κ2) is 8.55. The summed E-state index contributed by atoms with van der Waals surface area (Å²) in [6.07, 6.45) is 4.13. The van der Waals surface area contributed by atoms with E-state index in [1.807, 2.05) is 0 Å². The number of ether oxygens (including phenoxy) is 1. The normalized spacial score (nSPS) is 12.9. The van der Waals surface area contributed by atoms with Crippen LogP contribution < -0.4 is 5.32 Å². The molecule has 1 aromatic heterocycles. The largest absolute Gasteiger partial charge is 0.383 e. The summed E-state index contributed by atoms with van der Waals surface area (Å²) in [7, 11) is 1.74. The van der Waals surface area contributed by atoms with Crippen molar-refractivity contribution in [2.45, 2.75) is 45.6 Å². The van der Waals surface area contributed by atoms with E-state index in [-0.39, 0.29) is 0 Å². The molecule has 0 aliphatic carbocycles. The molecule has 0 aliphatic heterocycles. The molecule has 1 aromatic rings. The molecule has 98 valence electrons. The van der Waals surface area contributed by atoms with E-state index < -0.39 is 0 Å². The lowest BCUT2D eigenvalue weighted by atomic mass is 10.2. The van der Waals surface area contributed by atoms with Gasteiger partial charge in [0, 0.05) is 26.0 Å². The molecule has 0 fully saturated rings. The zero-order valence-electron chi connectivity index (χ0n) is 11.0. The van der Waals surface area contributed by atoms with Crippen molar-refractivity contribution in [2.75, 3.05) is 20.3 Å². The van der Waals surface area contributed by atoms with E-state index in [1.54, 1.807) is 7.11 Å². The van der Waals surface area contributed by atoms with Crippen LogP contribution >= 0.6 is 11.5 Å². The lowest BCUT2D eigenvalue weighted by molar-refractivity contribution is 0.166. The minimum atomic E-state index is 0.349. The third kappa shape index (κ3) is 5.57. The van der Waals surface area contributed by atoms with E-state index in [0.29, 0.717) is 6.04 Å². The minimum Gasteiger partial charge on any atom is -0.383 e. The van der Waals surface area contributed by atoms with Crippen molar-refractivity contribution in [1.29, 1.82) is 0 Å². The number of methoxy groups -OCH3 is 1. The Morgan fingerprint density at radius 3 is 2.82 bits per heavy atom. The molecule has 0 saturated carbocycles. The topological polar surface area (TPSA) is 47.0 Å². The van der Waals surface area contributed by atoms with E-state index in [0.717, 1.165) is 49.7 Å². The van der Waals surface area contributed by atoms with E-state index in [9.17, 15) is 0 Å². The molecule has 0 saturated heterocycles. The van der Waals surface area contributed by atoms with Gasteiger partial charge in [-0.1, -0.05) is 13.8 Å². The van der Waals surface area contributed by atoms with Gasteiger partial charge in [-0.25, -0.2) is 4.98 Å². The van der Waals surface area contributed by atoms with Gasteiger partial charge in [-0.15, -0.1) is 0 Å². The van der Waals surface area contributed by atoms with Crippen molar-refractivity contribution in [1.82, 2.24) is 14.7 Å². The second-order valence-electron chi connectivity index (χ2n) is 4.16. The SMILES string of the molecule is CCCNC(COC)Cc1nc(CCC)ns1. The predicted octanol–water partition coefficient (Wildman–Crippen LogP) is 2.05. The fraction of sp³-hybridized carbons (Fsp3) is 0.833. The minimum absolute atomic E-state index is 0.349. The van der Waals surface area contributed by atoms with Gasteiger partial charge >= 0.3 is 0 Å².